The highest BCUT2D eigenvalue weighted by Gasteiger charge is 1.93. The lowest BCUT2D eigenvalue weighted by Gasteiger charge is -2.00. The number of nitrogens with zero attached hydrogens (tertiary/aromatic N) is 2. The fourth-order valence-electron chi connectivity index (χ4n) is 2.37. The lowest BCUT2D eigenvalue weighted by atomic mass is 10.1. The van der Waals surface area contributed by atoms with Crippen molar-refractivity contribution < 1.29 is 0 Å². The average molecular weight is 339 g/mol. The molecule has 0 saturated carbocycles. The maximum atomic E-state index is 2.17. The van der Waals surface area contributed by atoms with E-state index in [1.165, 1.54) is 39.3 Å². The van der Waals surface area contributed by atoms with E-state index in [2.05, 4.69) is 114 Å². The average Bonchev–Trinajstić information content (AvgIpc) is 3.04. The number of aromatic nitrogens is 2. The number of benzene rings is 1. The van der Waals surface area contributed by atoms with Gasteiger partial charge in [-0.25, -0.2) is 0 Å². The monoisotopic (exact) mass is 338 g/mol. The Balaban J connectivity index is 0.000000188. The summed E-state index contributed by atoms with van der Waals surface area (Å²) in [5.74, 6) is 0. The van der Waals surface area contributed by atoms with Gasteiger partial charge in [-0.05, 0) is 88.9 Å². The highest BCUT2D eigenvalue weighted by atomic mass is 14.9. The van der Waals surface area contributed by atoms with E-state index in [1.807, 2.05) is 0 Å². The first-order chi connectivity index (χ1) is 11.6. The van der Waals surface area contributed by atoms with E-state index in [9.17, 15) is 0 Å². The summed E-state index contributed by atoms with van der Waals surface area (Å²) in [6.45, 7) is 14.9. The van der Waals surface area contributed by atoms with Crippen LogP contribution in [0, 0.1) is 48.5 Å². The largest absolute Gasteiger partial charge is 0.354 e. The maximum absolute atomic E-state index is 2.17. The molecule has 0 saturated heterocycles. The number of rotatable bonds is 0. The van der Waals surface area contributed by atoms with Gasteiger partial charge in [0.1, 0.15) is 0 Å². The third-order valence-electron chi connectivity index (χ3n) is 5.15. The molecule has 0 bridgehead atoms. The van der Waals surface area contributed by atoms with Gasteiger partial charge in [-0.1, -0.05) is 18.2 Å². The first-order valence-corrected chi connectivity index (χ1v) is 8.85. The van der Waals surface area contributed by atoms with Crippen molar-refractivity contribution in [1.29, 1.82) is 0 Å². The number of aryl methyl sites for hydroxylation is 6. The Morgan fingerprint density at radius 3 is 1.28 bits per heavy atom. The molecule has 2 aromatic heterocycles. The van der Waals surface area contributed by atoms with E-state index in [0.29, 0.717) is 0 Å². The molecule has 0 aliphatic rings. The van der Waals surface area contributed by atoms with Gasteiger partial charge in [-0.3, -0.25) is 0 Å². The van der Waals surface area contributed by atoms with Gasteiger partial charge in [-0.2, -0.15) is 0 Å². The van der Waals surface area contributed by atoms with Crippen molar-refractivity contribution in [1.82, 2.24) is 9.13 Å². The van der Waals surface area contributed by atoms with Crippen LogP contribution in [0.2, 0.25) is 0 Å². The first kappa shape index (κ1) is 20.8. The molecule has 0 unspecified atom stereocenters. The van der Waals surface area contributed by atoms with Gasteiger partial charge in [0.2, 0.25) is 0 Å². The van der Waals surface area contributed by atoms with E-state index in [4.69, 9.17) is 0 Å². The molecule has 1 aromatic carbocycles. The molecular weight excluding hydrogens is 304 g/mol. The Morgan fingerprint density at radius 2 is 1.08 bits per heavy atom. The van der Waals surface area contributed by atoms with Crippen LogP contribution in [0.4, 0.5) is 0 Å². The van der Waals surface area contributed by atoms with Crippen molar-refractivity contribution in [2.75, 3.05) is 0 Å². The zero-order chi connectivity index (χ0) is 19.1. The van der Waals surface area contributed by atoms with Crippen LogP contribution in [0.1, 0.15) is 39.3 Å². The summed E-state index contributed by atoms with van der Waals surface area (Å²) in [7, 11) is 4.13. The molecule has 136 valence electrons. The highest BCUT2D eigenvalue weighted by molar-refractivity contribution is 5.31. The molecule has 0 aliphatic carbocycles. The minimum atomic E-state index is 1.32. The second-order valence-electron chi connectivity index (χ2n) is 6.89. The van der Waals surface area contributed by atoms with Gasteiger partial charge < -0.3 is 9.13 Å². The number of hydrogen-bond acceptors (Lipinski definition) is 0. The van der Waals surface area contributed by atoms with E-state index >= 15 is 0 Å². The molecule has 0 N–H and O–H groups in total. The lowest BCUT2D eigenvalue weighted by molar-refractivity contribution is 0.844. The maximum Gasteiger partial charge on any atom is 0.0169 e. The molecule has 0 atom stereocenters. The van der Waals surface area contributed by atoms with Crippen molar-refractivity contribution in [2.45, 2.75) is 48.5 Å². The van der Waals surface area contributed by atoms with Crippen LogP contribution in [-0.2, 0) is 14.1 Å². The Hall–Kier alpha value is -2.22. The molecule has 2 heterocycles. The van der Waals surface area contributed by atoms with Crippen LogP contribution in [0.5, 0.6) is 0 Å². The summed E-state index contributed by atoms with van der Waals surface area (Å²) in [5, 5.41) is 0. The highest BCUT2D eigenvalue weighted by Crippen LogP contribution is 2.10. The molecule has 25 heavy (non-hydrogen) atoms. The zero-order valence-electron chi connectivity index (χ0n) is 17.4. The van der Waals surface area contributed by atoms with Crippen molar-refractivity contribution in [3.8, 4) is 0 Å². The van der Waals surface area contributed by atoms with Crippen LogP contribution in [0.15, 0.2) is 42.6 Å². The third-order valence-corrected chi connectivity index (χ3v) is 5.15. The Kier molecular flexibility index (Phi) is 7.76. The minimum absolute atomic E-state index is 1.32. The second kappa shape index (κ2) is 9.31. The van der Waals surface area contributed by atoms with Gasteiger partial charge in [0, 0.05) is 37.4 Å². The molecular formula is C23H34N2. The molecule has 0 fully saturated rings. The first-order valence-electron chi connectivity index (χ1n) is 8.85. The van der Waals surface area contributed by atoms with E-state index < -0.39 is 0 Å². The van der Waals surface area contributed by atoms with Crippen LogP contribution in [0.3, 0.4) is 0 Å². The summed E-state index contributed by atoms with van der Waals surface area (Å²) in [5.41, 5.74) is 9.55. The van der Waals surface area contributed by atoms with Crippen LogP contribution in [-0.4, -0.2) is 9.13 Å². The Labute approximate surface area is 154 Å². The van der Waals surface area contributed by atoms with Gasteiger partial charge in [0.05, 0.1) is 0 Å². The molecule has 2 nitrogen and oxygen atoms in total. The van der Waals surface area contributed by atoms with Gasteiger partial charge in [-0.15, -0.1) is 0 Å². The molecule has 0 aliphatic heterocycles. The summed E-state index contributed by atoms with van der Waals surface area (Å²) in [6, 6.07) is 12.7. The third kappa shape index (κ3) is 5.97. The molecule has 3 aromatic rings. The molecule has 2 heteroatoms. The summed E-state index contributed by atoms with van der Waals surface area (Å²) in [4.78, 5) is 0. The normalized spacial score (nSPS) is 9.80. The van der Waals surface area contributed by atoms with Crippen LogP contribution >= 0.6 is 0 Å². The summed E-state index contributed by atoms with van der Waals surface area (Å²) >= 11 is 0. The van der Waals surface area contributed by atoms with Gasteiger partial charge in [0.15, 0.2) is 0 Å². The van der Waals surface area contributed by atoms with Crippen molar-refractivity contribution in [2.24, 2.45) is 14.1 Å². The van der Waals surface area contributed by atoms with Crippen molar-refractivity contribution in [3.05, 3.63) is 81.9 Å². The molecule has 3 rings (SSSR count). The second-order valence-corrected chi connectivity index (χ2v) is 6.89. The van der Waals surface area contributed by atoms with Crippen molar-refractivity contribution >= 4 is 0 Å². The van der Waals surface area contributed by atoms with Crippen LogP contribution < -0.4 is 0 Å². The smallest absolute Gasteiger partial charge is 0.0169 e. The van der Waals surface area contributed by atoms with E-state index in [1.54, 1.807) is 0 Å². The van der Waals surface area contributed by atoms with Gasteiger partial charge >= 0.3 is 0 Å². The summed E-state index contributed by atoms with van der Waals surface area (Å²) in [6.07, 6.45) is 2.07. The van der Waals surface area contributed by atoms with Gasteiger partial charge in [0.25, 0.3) is 0 Å². The topological polar surface area (TPSA) is 9.86 Å². The van der Waals surface area contributed by atoms with E-state index in [0.717, 1.165) is 0 Å². The Morgan fingerprint density at radius 1 is 0.600 bits per heavy atom. The SMILES string of the molecule is Cc1ccc(C)n1C.Cc1cccc(C)c1C.Cc1ccn(C)c1C. The minimum Gasteiger partial charge on any atom is -0.354 e. The molecule has 0 spiro atoms. The predicted octanol–water partition coefficient (Wildman–Crippen LogP) is 5.90. The Bertz CT molecular complexity index is 700. The summed E-state index contributed by atoms with van der Waals surface area (Å²) < 4.78 is 4.29. The standard InChI is InChI=1S/C9H12.2C7H11N/c1-7-5-4-6-8(2)9(7)3;1-6-4-5-8(3)7(6)2;1-6-4-5-7(2)8(6)3/h4-6H,1-3H3;2*4-5H,1-3H3. The quantitative estimate of drug-likeness (QED) is 0.483. The van der Waals surface area contributed by atoms with Crippen molar-refractivity contribution in [3.63, 3.8) is 0 Å². The van der Waals surface area contributed by atoms with E-state index in [-0.39, 0.29) is 0 Å². The fourth-order valence-corrected chi connectivity index (χ4v) is 2.37. The van der Waals surface area contributed by atoms with Crippen LogP contribution in [0.25, 0.3) is 0 Å². The molecule has 0 radical (unpaired) electrons. The fraction of sp³-hybridized carbons (Fsp3) is 0.391. The lowest BCUT2D eigenvalue weighted by Crippen LogP contribution is -1.91. The molecule has 0 amide bonds. The number of hydrogen-bond donors (Lipinski definition) is 0. The zero-order valence-corrected chi connectivity index (χ0v) is 17.4. The predicted molar refractivity (Wildman–Crippen MR) is 110 cm³/mol.